The van der Waals surface area contributed by atoms with Crippen LogP contribution in [0.1, 0.15) is 47.5 Å². The average molecular weight is 441 g/mol. The van der Waals surface area contributed by atoms with Crippen LogP contribution < -0.4 is 10.6 Å². The van der Waals surface area contributed by atoms with E-state index in [9.17, 15) is 28.8 Å². The third kappa shape index (κ3) is 9.41. The van der Waals surface area contributed by atoms with E-state index in [0.29, 0.717) is 0 Å². The van der Waals surface area contributed by atoms with Crippen LogP contribution in [-0.4, -0.2) is 61.8 Å². The molecule has 0 saturated heterocycles. The van der Waals surface area contributed by atoms with Gasteiger partial charge in [0.1, 0.15) is 12.1 Å². The van der Waals surface area contributed by atoms with Gasteiger partial charge in [0.2, 0.25) is 11.7 Å². The van der Waals surface area contributed by atoms with Crippen LogP contribution in [0.5, 0.6) is 0 Å². The Kier molecular flexibility index (Phi) is 11.8. The van der Waals surface area contributed by atoms with Crippen LogP contribution in [0.25, 0.3) is 0 Å². The molecule has 0 rings (SSSR count). The van der Waals surface area contributed by atoms with E-state index >= 15 is 0 Å². The van der Waals surface area contributed by atoms with Gasteiger partial charge in [0.15, 0.2) is 5.78 Å². The van der Waals surface area contributed by atoms with Crippen LogP contribution in [-0.2, 0) is 43.0 Å². The summed E-state index contributed by atoms with van der Waals surface area (Å²) in [4.78, 5) is 71.4. The summed E-state index contributed by atoms with van der Waals surface area (Å²) in [6, 6.07) is -2.28. The summed E-state index contributed by atoms with van der Waals surface area (Å²) in [5.41, 5.74) is -0.152. The maximum Gasteiger partial charge on any atom is 0.374 e. The van der Waals surface area contributed by atoms with Gasteiger partial charge in [0, 0.05) is 13.3 Å². The number of carbonyl (C=O) groups is 6. The number of rotatable bonds is 11. The summed E-state index contributed by atoms with van der Waals surface area (Å²) < 4.78 is 13.9. The Morgan fingerprint density at radius 2 is 1.48 bits per heavy atom. The summed E-state index contributed by atoms with van der Waals surface area (Å²) >= 11 is 0. The minimum atomic E-state index is -1.23. The quantitative estimate of drug-likeness (QED) is 0.204. The Balaban J connectivity index is 5.36. The first-order valence-corrected chi connectivity index (χ1v) is 9.51. The zero-order valence-corrected chi connectivity index (χ0v) is 18.8. The smallest absolute Gasteiger partial charge is 0.374 e. The topological polar surface area (TPSA) is 156 Å². The van der Waals surface area contributed by atoms with Crippen LogP contribution in [0.4, 0.5) is 0 Å². The molecule has 11 nitrogen and oxygen atoms in total. The molecule has 0 spiro atoms. The second-order valence-corrected chi connectivity index (χ2v) is 6.86. The highest BCUT2D eigenvalue weighted by molar-refractivity contribution is 6.07. The Bertz CT molecular complexity index is 756. The van der Waals surface area contributed by atoms with Gasteiger partial charge in [-0.25, -0.2) is 10.1 Å². The van der Waals surface area contributed by atoms with Crippen molar-refractivity contribution < 1.29 is 43.0 Å². The summed E-state index contributed by atoms with van der Waals surface area (Å²) in [5.74, 6) is -5.59. The van der Waals surface area contributed by atoms with Crippen molar-refractivity contribution in [1.29, 1.82) is 0 Å². The van der Waals surface area contributed by atoms with Crippen molar-refractivity contribution in [3.8, 4) is 0 Å². The molecule has 0 aliphatic heterocycles. The van der Waals surface area contributed by atoms with Gasteiger partial charge in [-0.2, -0.15) is 0 Å². The van der Waals surface area contributed by atoms with Crippen molar-refractivity contribution in [3.63, 3.8) is 0 Å². The minimum Gasteiger partial charge on any atom is -0.469 e. The normalized spacial score (nSPS) is 13.3. The van der Waals surface area contributed by atoms with E-state index in [1.807, 2.05) is 0 Å². The highest BCUT2D eigenvalue weighted by Gasteiger charge is 2.32. The molecule has 1 N–H and O–H groups in total. The van der Waals surface area contributed by atoms with Crippen LogP contribution in [0.3, 0.4) is 0 Å². The number of Topliss-reactive ketones (excluding diaryl/α,β-unsaturated/α-hetero) is 1. The lowest BCUT2D eigenvalue weighted by atomic mass is 9.93. The first kappa shape index (κ1) is 27.8. The molecule has 2 amide bonds. The maximum absolute atomic E-state index is 12.9. The molecule has 1 radical (unpaired) electrons. The highest BCUT2D eigenvalue weighted by Crippen LogP contribution is 2.21. The van der Waals surface area contributed by atoms with E-state index < -0.39 is 59.3 Å². The predicted molar refractivity (Wildman–Crippen MR) is 106 cm³/mol. The molecular formula is C20H29N2O9. The van der Waals surface area contributed by atoms with Crippen molar-refractivity contribution in [3.05, 3.63) is 11.3 Å². The van der Waals surface area contributed by atoms with Gasteiger partial charge in [-0.3, -0.25) is 24.0 Å². The molecule has 0 unspecified atom stereocenters. The van der Waals surface area contributed by atoms with E-state index in [1.165, 1.54) is 21.0 Å². The van der Waals surface area contributed by atoms with Crippen LogP contribution in [0, 0.1) is 5.92 Å². The third-order valence-electron chi connectivity index (χ3n) is 3.94. The number of ether oxygens (including phenoxy) is 3. The van der Waals surface area contributed by atoms with Crippen molar-refractivity contribution in [1.82, 2.24) is 10.6 Å². The van der Waals surface area contributed by atoms with Crippen molar-refractivity contribution in [2.75, 3.05) is 14.2 Å². The lowest BCUT2D eigenvalue weighted by Gasteiger charge is -2.20. The number of methoxy groups -OCH3 is 2. The first-order valence-electron chi connectivity index (χ1n) is 9.51. The number of ketones is 1. The number of hydrogen-bond acceptors (Lipinski definition) is 9. The van der Waals surface area contributed by atoms with Crippen LogP contribution in [0.15, 0.2) is 11.3 Å². The maximum atomic E-state index is 12.9. The van der Waals surface area contributed by atoms with Gasteiger partial charge in [-0.1, -0.05) is 13.8 Å². The second-order valence-electron chi connectivity index (χ2n) is 6.86. The molecule has 0 fully saturated rings. The standard InChI is InChI=1S/C20H29N2O9/c1-10(2)16(18(20(28)30-7)31-13(5)23)17(26)11(3)22-19(27)12(4)21-14(24)8-9-15(25)29-6/h10-12H,8-9H2,1-7H3,(H,21,24)/t11-,12-/m0/s1. The Morgan fingerprint density at radius 3 is 1.94 bits per heavy atom. The molecule has 0 aliphatic rings. The SMILES string of the molecule is COC(=O)CCC(=O)N[C@@H](C)C(=O)[N][C@@H](C)C(=O)C(=C(OC(C)=O)C(=O)OC)C(C)C. The summed E-state index contributed by atoms with van der Waals surface area (Å²) in [5, 5.41) is 6.14. The van der Waals surface area contributed by atoms with Crippen LogP contribution >= 0.6 is 0 Å². The highest BCUT2D eigenvalue weighted by atomic mass is 16.6. The molecule has 0 saturated carbocycles. The first-order chi connectivity index (χ1) is 14.3. The fraction of sp³-hybridized carbons (Fsp3) is 0.600. The van der Waals surface area contributed by atoms with E-state index in [1.54, 1.807) is 13.8 Å². The minimum absolute atomic E-state index is 0.149. The molecule has 0 bridgehead atoms. The zero-order chi connectivity index (χ0) is 24.3. The fourth-order valence-electron chi connectivity index (χ4n) is 2.38. The molecule has 11 heteroatoms. The van der Waals surface area contributed by atoms with Gasteiger partial charge >= 0.3 is 17.9 Å². The molecule has 0 heterocycles. The monoisotopic (exact) mass is 441 g/mol. The van der Waals surface area contributed by atoms with Crippen molar-refractivity contribution in [2.24, 2.45) is 5.92 Å². The van der Waals surface area contributed by atoms with Gasteiger partial charge in [0.05, 0.1) is 26.2 Å². The molecule has 0 aromatic heterocycles. The second kappa shape index (κ2) is 13.1. The summed E-state index contributed by atoms with van der Waals surface area (Å²) in [7, 11) is 2.26. The number of esters is 3. The Labute approximate surface area is 180 Å². The van der Waals surface area contributed by atoms with Gasteiger partial charge in [-0.15, -0.1) is 0 Å². The number of hydrogen-bond donors (Lipinski definition) is 1. The lowest BCUT2D eigenvalue weighted by molar-refractivity contribution is -0.149. The molecule has 2 atom stereocenters. The van der Waals surface area contributed by atoms with Crippen molar-refractivity contribution >= 4 is 35.5 Å². The third-order valence-corrected chi connectivity index (χ3v) is 3.94. The Hall–Kier alpha value is -3.24. The predicted octanol–water partition coefficient (Wildman–Crippen LogP) is 0.179. The average Bonchev–Trinajstić information content (AvgIpc) is 2.69. The molecule has 173 valence electrons. The van der Waals surface area contributed by atoms with Gasteiger partial charge < -0.3 is 19.5 Å². The van der Waals surface area contributed by atoms with E-state index in [2.05, 4.69) is 20.1 Å². The lowest BCUT2D eigenvalue weighted by Crippen LogP contribution is -2.46. The fourth-order valence-corrected chi connectivity index (χ4v) is 2.38. The van der Waals surface area contributed by atoms with Gasteiger partial charge in [-0.05, 0) is 19.8 Å². The van der Waals surface area contributed by atoms with Crippen LogP contribution in [0.2, 0.25) is 0 Å². The molecule has 0 aromatic rings. The molecular weight excluding hydrogens is 412 g/mol. The van der Waals surface area contributed by atoms with E-state index in [0.717, 1.165) is 14.0 Å². The van der Waals surface area contributed by atoms with E-state index in [4.69, 9.17) is 4.74 Å². The largest absolute Gasteiger partial charge is 0.469 e. The summed E-state index contributed by atoms with van der Waals surface area (Å²) in [6.07, 6.45) is -0.325. The molecule has 0 aromatic carbocycles. The Morgan fingerprint density at radius 1 is 0.903 bits per heavy atom. The molecule has 0 aliphatic carbocycles. The van der Waals surface area contributed by atoms with Crippen molar-refractivity contribution in [2.45, 2.75) is 59.5 Å². The number of carbonyl (C=O) groups excluding carboxylic acids is 6. The number of amides is 2. The van der Waals surface area contributed by atoms with E-state index in [-0.39, 0.29) is 18.4 Å². The number of nitrogens with zero attached hydrogens (tertiary/aromatic N) is 1. The van der Waals surface area contributed by atoms with Gasteiger partial charge in [0.25, 0.3) is 5.91 Å². The molecule has 31 heavy (non-hydrogen) atoms. The summed E-state index contributed by atoms with van der Waals surface area (Å²) in [6.45, 7) is 6.96. The zero-order valence-electron chi connectivity index (χ0n) is 18.8. The number of nitrogens with one attached hydrogen (secondary N) is 1.